The van der Waals surface area contributed by atoms with Crippen LogP contribution in [0, 0.1) is 17.5 Å². The van der Waals surface area contributed by atoms with Gasteiger partial charge in [-0.05, 0) is 47.5 Å². The number of ether oxygens (including phenoxy) is 1. The number of benzene rings is 3. The second kappa shape index (κ2) is 10.3. The Labute approximate surface area is 207 Å². The van der Waals surface area contributed by atoms with Gasteiger partial charge in [-0.1, -0.05) is 18.2 Å². The zero-order valence-corrected chi connectivity index (χ0v) is 20.6. The molecule has 0 N–H and O–H groups in total. The van der Waals surface area contributed by atoms with Crippen molar-refractivity contribution in [3.63, 3.8) is 0 Å². The molecule has 0 aromatic heterocycles. The monoisotopic (exact) mass is 518 g/mol. The molecule has 0 atom stereocenters. The van der Waals surface area contributed by atoms with Crippen molar-refractivity contribution in [3.05, 3.63) is 83.2 Å². The van der Waals surface area contributed by atoms with Gasteiger partial charge in [-0.3, -0.25) is 4.79 Å². The van der Waals surface area contributed by atoms with E-state index in [4.69, 9.17) is 4.74 Å². The minimum absolute atomic E-state index is 0.00236. The van der Waals surface area contributed by atoms with Gasteiger partial charge in [0.05, 0.1) is 11.5 Å². The fraction of sp³-hybridized carbons (Fsp3) is 0.269. The zero-order chi connectivity index (χ0) is 26.0. The summed E-state index contributed by atoms with van der Waals surface area (Å²) in [5.41, 5.74) is 1.45. The van der Waals surface area contributed by atoms with Crippen molar-refractivity contribution in [2.75, 3.05) is 44.4 Å². The molecule has 3 aromatic rings. The van der Waals surface area contributed by atoms with E-state index in [1.807, 2.05) is 0 Å². The van der Waals surface area contributed by atoms with Crippen LogP contribution in [0.2, 0.25) is 0 Å². The van der Waals surface area contributed by atoms with Gasteiger partial charge in [0.15, 0.2) is 9.84 Å². The van der Waals surface area contributed by atoms with Crippen molar-refractivity contribution in [2.45, 2.75) is 11.5 Å². The minimum atomic E-state index is -3.57. The Bertz CT molecular complexity index is 1360. The second-order valence-corrected chi connectivity index (χ2v) is 10.6. The average Bonchev–Trinajstić information content (AvgIpc) is 2.85. The molecule has 0 unspecified atom stereocenters. The van der Waals surface area contributed by atoms with Gasteiger partial charge >= 0.3 is 0 Å². The first kappa shape index (κ1) is 25.7. The van der Waals surface area contributed by atoms with Crippen LogP contribution in [0.1, 0.15) is 15.9 Å². The van der Waals surface area contributed by atoms with Crippen LogP contribution in [0.25, 0.3) is 11.1 Å². The van der Waals surface area contributed by atoms with Gasteiger partial charge in [-0.15, -0.1) is 0 Å². The number of hydrogen-bond donors (Lipinski definition) is 0. The standard InChI is InChI=1S/C26H25F3N2O4S/c1-35-16-23-24(28)13-19(14-25(23)29)30-9-11-31(12-10-30)26(32)22-15-20(36(2,33)34)7-8-21(22)17-3-5-18(27)6-4-17/h3-8,13-15H,9-12,16H2,1-2H3. The molecule has 1 amide bonds. The van der Waals surface area contributed by atoms with Gasteiger partial charge in [-0.25, -0.2) is 21.6 Å². The Morgan fingerprint density at radius 1 is 0.917 bits per heavy atom. The van der Waals surface area contributed by atoms with E-state index in [1.54, 1.807) is 15.9 Å². The van der Waals surface area contributed by atoms with Crippen LogP contribution in [0.4, 0.5) is 18.9 Å². The van der Waals surface area contributed by atoms with Crippen molar-refractivity contribution >= 4 is 21.4 Å². The van der Waals surface area contributed by atoms with Crippen LogP contribution in [0.15, 0.2) is 59.5 Å². The molecule has 0 aliphatic carbocycles. The summed E-state index contributed by atoms with van der Waals surface area (Å²) in [4.78, 5) is 16.9. The van der Waals surface area contributed by atoms with E-state index in [9.17, 15) is 26.4 Å². The predicted octanol–water partition coefficient (Wildman–Crippen LogP) is 4.28. The molecule has 36 heavy (non-hydrogen) atoms. The highest BCUT2D eigenvalue weighted by Gasteiger charge is 2.26. The summed E-state index contributed by atoms with van der Waals surface area (Å²) in [7, 11) is -2.22. The number of carbonyl (C=O) groups excluding carboxylic acids is 1. The summed E-state index contributed by atoms with van der Waals surface area (Å²) in [5.74, 6) is -2.22. The fourth-order valence-electron chi connectivity index (χ4n) is 4.20. The Morgan fingerprint density at radius 2 is 1.53 bits per heavy atom. The molecular weight excluding hydrogens is 493 g/mol. The molecule has 4 rings (SSSR count). The summed E-state index contributed by atoms with van der Waals surface area (Å²) in [5, 5.41) is 0. The van der Waals surface area contributed by atoms with E-state index < -0.39 is 27.3 Å². The molecule has 0 spiro atoms. The quantitative estimate of drug-likeness (QED) is 0.487. The second-order valence-electron chi connectivity index (χ2n) is 8.59. The lowest BCUT2D eigenvalue weighted by molar-refractivity contribution is 0.0747. The number of amides is 1. The van der Waals surface area contributed by atoms with Gasteiger partial charge in [0.2, 0.25) is 0 Å². The number of nitrogens with zero attached hydrogens (tertiary/aromatic N) is 2. The Kier molecular flexibility index (Phi) is 7.37. The lowest BCUT2D eigenvalue weighted by atomic mass is 9.98. The Hall–Kier alpha value is -3.37. The van der Waals surface area contributed by atoms with E-state index >= 15 is 0 Å². The molecular formula is C26H25F3N2O4S. The van der Waals surface area contributed by atoms with Crippen molar-refractivity contribution in [3.8, 4) is 11.1 Å². The molecule has 6 nitrogen and oxygen atoms in total. The smallest absolute Gasteiger partial charge is 0.254 e. The summed E-state index contributed by atoms with van der Waals surface area (Å²) in [6.07, 6.45) is 1.06. The van der Waals surface area contributed by atoms with Crippen LogP contribution >= 0.6 is 0 Å². The maximum atomic E-state index is 14.4. The number of sulfone groups is 1. The third kappa shape index (κ3) is 5.39. The number of hydrogen-bond acceptors (Lipinski definition) is 5. The van der Waals surface area contributed by atoms with Gasteiger partial charge in [0, 0.05) is 56.4 Å². The summed E-state index contributed by atoms with van der Waals surface area (Å²) in [6.45, 7) is 0.989. The highest BCUT2D eigenvalue weighted by molar-refractivity contribution is 7.90. The lowest BCUT2D eigenvalue weighted by Gasteiger charge is -2.36. The van der Waals surface area contributed by atoms with Crippen molar-refractivity contribution in [1.29, 1.82) is 0 Å². The molecule has 190 valence electrons. The van der Waals surface area contributed by atoms with Crippen LogP contribution in [0.3, 0.4) is 0 Å². The molecule has 1 heterocycles. The Balaban J connectivity index is 1.59. The first-order valence-corrected chi connectivity index (χ1v) is 13.1. The van der Waals surface area contributed by atoms with E-state index in [1.165, 1.54) is 55.6 Å². The molecule has 0 bridgehead atoms. The molecule has 1 fully saturated rings. The first-order chi connectivity index (χ1) is 17.1. The third-order valence-electron chi connectivity index (χ3n) is 6.15. The average molecular weight is 519 g/mol. The van der Waals surface area contributed by atoms with Crippen LogP contribution in [-0.2, 0) is 21.2 Å². The van der Waals surface area contributed by atoms with Gasteiger partial charge in [0.1, 0.15) is 17.5 Å². The summed E-state index contributed by atoms with van der Waals surface area (Å²) in [6, 6.07) is 12.4. The number of rotatable bonds is 6. The maximum Gasteiger partial charge on any atom is 0.254 e. The minimum Gasteiger partial charge on any atom is -0.380 e. The fourth-order valence-corrected chi connectivity index (χ4v) is 4.85. The maximum absolute atomic E-state index is 14.4. The van der Waals surface area contributed by atoms with Crippen LogP contribution in [0.5, 0.6) is 0 Å². The molecule has 10 heteroatoms. The van der Waals surface area contributed by atoms with Crippen molar-refractivity contribution in [1.82, 2.24) is 4.90 Å². The lowest BCUT2D eigenvalue weighted by Crippen LogP contribution is -2.49. The molecule has 1 saturated heterocycles. The van der Waals surface area contributed by atoms with Crippen molar-refractivity contribution in [2.24, 2.45) is 0 Å². The molecule has 1 aliphatic heterocycles. The highest BCUT2D eigenvalue weighted by atomic mass is 32.2. The third-order valence-corrected chi connectivity index (χ3v) is 7.26. The number of piperazine rings is 1. The van der Waals surface area contributed by atoms with E-state index in [0.717, 1.165) is 6.26 Å². The van der Waals surface area contributed by atoms with E-state index in [-0.39, 0.29) is 41.6 Å². The van der Waals surface area contributed by atoms with Crippen LogP contribution < -0.4 is 4.90 Å². The molecule has 0 saturated carbocycles. The molecule has 0 radical (unpaired) electrons. The summed E-state index contributed by atoms with van der Waals surface area (Å²) >= 11 is 0. The first-order valence-electron chi connectivity index (χ1n) is 11.2. The Morgan fingerprint density at radius 3 is 2.08 bits per heavy atom. The zero-order valence-electron chi connectivity index (χ0n) is 19.8. The van der Waals surface area contributed by atoms with E-state index in [0.29, 0.717) is 29.9 Å². The normalized spacial score (nSPS) is 14.2. The SMILES string of the molecule is COCc1c(F)cc(N2CCN(C(=O)c3cc(S(C)(=O)=O)ccc3-c3ccc(F)cc3)CC2)cc1F. The number of anilines is 1. The number of methoxy groups -OCH3 is 1. The largest absolute Gasteiger partial charge is 0.380 e. The van der Waals surface area contributed by atoms with Gasteiger partial charge in [-0.2, -0.15) is 0 Å². The van der Waals surface area contributed by atoms with Gasteiger partial charge in [0.25, 0.3) is 5.91 Å². The van der Waals surface area contributed by atoms with Crippen molar-refractivity contribution < 1.29 is 31.1 Å². The summed E-state index contributed by atoms with van der Waals surface area (Å²) < 4.78 is 71.3. The van der Waals surface area contributed by atoms with Crippen LogP contribution in [-0.4, -0.2) is 58.8 Å². The van der Waals surface area contributed by atoms with E-state index in [2.05, 4.69) is 0 Å². The number of carbonyl (C=O) groups is 1. The van der Waals surface area contributed by atoms with Gasteiger partial charge < -0.3 is 14.5 Å². The number of halogens is 3. The predicted molar refractivity (Wildman–Crippen MR) is 130 cm³/mol. The highest BCUT2D eigenvalue weighted by Crippen LogP contribution is 2.29. The topological polar surface area (TPSA) is 66.9 Å². The molecule has 3 aromatic carbocycles. The molecule has 1 aliphatic rings.